The summed E-state index contributed by atoms with van der Waals surface area (Å²) < 4.78 is 0. The lowest BCUT2D eigenvalue weighted by molar-refractivity contribution is -0.142. The van der Waals surface area contributed by atoms with E-state index in [4.69, 9.17) is 0 Å². The summed E-state index contributed by atoms with van der Waals surface area (Å²) in [5, 5.41) is 10.7. The molecular formula is C19H19NO2. The number of hydrogen-bond acceptors (Lipinski definition) is 1. The maximum Gasteiger partial charge on any atom is 0.313 e. The smallest absolute Gasteiger partial charge is 0.313 e. The molecule has 0 aliphatic heterocycles. The Morgan fingerprint density at radius 2 is 1.73 bits per heavy atom. The largest absolute Gasteiger partial charge is 0.481 e. The van der Waals surface area contributed by atoms with Gasteiger partial charge in [-0.05, 0) is 31.9 Å². The maximum atomic E-state index is 11.8. The van der Waals surface area contributed by atoms with E-state index in [0.717, 1.165) is 33.3 Å². The Kier molecular flexibility index (Phi) is 3.28. The first kappa shape index (κ1) is 14.4. The van der Waals surface area contributed by atoms with Crippen LogP contribution in [0.4, 0.5) is 0 Å². The van der Waals surface area contributed by atoms with Gasteiger partial charge >= 0.3 is 5.97 Å². The first-order chi connectivity index (χ1) is 10.4. The number of H-pyrrole nitrogens is 1. The van der Waals surface area contributed by atoms with E-state index in [2.05, 4.69) is 4.98 Å². The van der Waals surface area contributed by atoms with Crippen LogP contribution in [0.3, 0.4) is 0 Å². The minimum atomic E-state index is -0.975. The monoisotopic (exact) mass is 293 g/mol. The minimum Gasteiger partial charge on any atom is -0.481 e. The summed E-state index contributed by atoms with van der Waals surface area (Å²) >= 11 is 0. The van der Waals surface area contributed by atoms with Crippen LogP contribution in [0.2, 0.25) is 0 Å². The number of aromatic nitrogens is 1. The van der Waals surface area contributed by atoms with Gasteiger partial charge in [-0.15, -0.1) is 0 Å². The molecule has 1 aromatic heterocycles. The number of carboxylic acids is 1. The van der Waals surface area contributed by atoms with E-state index >= 15 is 0 Å². The molecule has 0 fully saturated rings. The lowest BCUT2D eigenvalue weighted by atomic mass is 9.81. The van der Waals surface area contributed by atoms with E-state index in [0.29, 0.717) is 0 Å². The van der Waals surface area contributed by atoms with Crippen LogP contribution in [0, 0.1) is 6.92 Å². The van der Waals surface area contributed by atoms with Gasteiger partial charge in [0.25, 0.3) is 0 Å². The predicted molar refractivity (Wildman–Crippen MR) is 89.1 cm³/mol. The van der Waals surface area contributed by atoms with Crippen molar-refractivity contribution in [3.63, 3.8) is 0 Å². The van der Waals surface area contributed by atoms with Crippen LogP contribution in [-0.4, -0.2) is 16.1 Å². The number of carboxylic acid groups (broad SMARTS) is 1. The van der Waals surface area contributed by atoms with E-state index in [-0.39, 0.29) is 0 Å². The van der Waals surface area contributed by atoms with Crippen molar-refractivity contribution < 1.29 is 9.90 Å². The number of para-hydroxylation sites is 1. The van der Waals surface area contributed by atoms with Gasteiger partial charge in [0.15, 0.2) is 0 Å². The second-order valence-corrected chi connectivity index (χ2v) is 6.17. The number of carbonyl (C=O) groups is 1. The Hall–Kier alpha value is -2.55. The molecule has 0 amide bonds. The summed E-state index contributed by atoms with van der Waals surface area (Å²) in [7, 11) is 0. The summed E-state index contributed by atoms with van der Waals surface area (Å²) in [6.07, 6.45) is 0. The van der Waals surface area contributed by atoms with Crippen molar-refractivity contribution in [1.29, 1.82) is 0 Å². The summed E-state index contributed by atoms with van der Waals surface area (Å²) in [5.74, 6) is -0.827. The fraction of sp³-hybridized carbons (Fsp3) is 0.211. The third-order valence-electron chi connectivity index (χ3n) is 4.26. The first-order valence-electron chi connectivity index (χ1n) is 7.33. The van der Waals surface area contributed by atoms with Crippen molar-refractivity contribution in [2.75, 3.05) is 0 Å². The Labute approximate surface area is 129 Å². The number of aliphatic carboxylic acids is 1. The van der Waals surface area contributed by atoms with Crippen LogP contribution < -0.4 is 0 Å². The van der Waals surface area contributed by atoms with Gasteiger partial charge in [0.05, 0.1) is 11.1 Å². The highest BCUT2D eigenvalue weighted by Gasteiger charge is 2.35. The maximum absolute atomic E-state index is 11.8. The normalized spacial score (nSPS) is 11.8. The van der Waals surface area contributed by atoms with Crippen LogP contribution in [-0.2, 0) is 10.2 Å². The van der Waals surface area contributed by atoms with E-state index in [1.807, 2.05) is 55.5 Å². The molecule has 3 aromatic rings. The average Bonchev–Trinajstić information content (AvgIpc) is 2.89. The zero-order chi connectivity index (χ0) is 15.9. The number of hydrogen-bond donors (Lipinski definition) is 2. The van der Waals surface area contributed by atoms with Gasteiger partial charge in [-0.25, -0.2) is 0 Å². The van der Waals surface area contributed by atoms with Crippen molar-refractivity contribution >= 4 is 16.9 Å². The van der Waals surface area contributed by atoms with Crippen molar-refractivity contribution in [2.24, 2.45) is 0 Å². The Morgan fingerprint density at radius 3 is 2.36 bits per heavy atom. The predicted octanol–water partition coefficient (Wildman–Crippen LogP) is 4.51. The van der Waals surface area contributed by atoms with Crippen LogP contribution in [0.5, 0.6) is 0 Å². The molecular weight excluding hydrogens is 274 g/mol. The minimum absolute atomic E-state index is 0.827. The third-order valence-corrected chi connectivity index (χ3v) is 4.26. The van der Waals surface area contributed by atoms with Gasteiger partial charge in [0.2, 0.25) is 0 Å². The molecule has 0 spiro atoms. The molecule has 2 aromatic carbocycles. The molecule has 22 heavy (non-hydrogen) atoms. The van der Waals surface area contributed by atoms with Gasteiger partial charge < -0.3 is 10.1 Å². The molecule has 3 rings (SSSR count). The van der Waals surface area contributed by atoms with Gasteiger partial charge in [0, 0.05) is 16.5 Å². The molecule has 0 bridgehead atoms. The van der Waals surface area contributed by atoms with Gasteiger partial charge in [-0.2, -0.15) is 0 Å². The summed E-state index contributed by atoms with van der Waals surface area (Å²) in [4.78, 5) is 15.3. The van der Waals surface area contributed by atoms with E-state index in [1.165, 1.54) is 0 Å². The van der Waals surface area contributed by atoms with Crippen molar-refractivity contribution in [1.82, 2.24) is 4.98 Å². The third kappa shape index (κ3) is 2.10. The summed E-state index contributed by atoms with van der Waals surface area (Å²) in [5.41, 5.74) is 3.87. The molecule has 112 valence electrons. The highest BCUT2D eigenvalue weighted by Crippen LogP contribution is 2.39. The summed E-state index contributed by atoms with van der Waals surface area (Å²) in [6.45, 7) is 5.55. The standard InChI is InChI=1S/C19H19NO2/c1-12-8-7-11-14-15(19(2,3)18(21)22)17(20-16(12)14)13-9-5-4-6-10-13/h4-11,20H,1-3H3,(H,21,22). The fourth-order valence-electron chi connectivity index (χ4n) is 2.94. The highest BCUT2D eigenvalue weighted by atomic mass is 16.4. The number of aromatic amines is 1. The topological polar surface area (TPSA) is 53.1 Å². The molecule has 0 aliphatic carbocycles. The van der Waals surface area contributed by atoms with Crippen molar-refractivity contribution in [2.45, 2.75) is 26.2 Å². The van der Waals surface area contributed by atoms with Crippen molar-refractivity contribution in [3.05, 3.63) is 59.7 Å². The van der Waals surface area contributed by atoms with Gasteiger partial charge in [0.1, 0.15) is 0 Å². The molecule has 0 saturated heterocycles. The van der Waals surface area contributed by atoms with Gasteiger partial charge in [-0.3, -0.25) is 4.79 Å². The molecule has 2 N–H and O–H groups in total. The van der Waals surface area contributed by atoms with Crippen LogP contribution in [0.15, 0.2) is 48.5 Å². The number of benzene rings is 2. The van der Waals surface area contributed by atoms with Crippen LogP contribution in [0.1, 0.15) is 25.0 Å². The Bertz CT molecular complexity index is 845. The van der Waals surface area contributed by atoms with E-state index in [9.17, 15) is 9.90 Å². The molecule has 0 unspecified atom stereocenters. The lowest BCUT2D eigenvalue weighted by Gasteiger charge is -2.21. The van der Waals surface area contributed by atoms with Crippen LogP contribution in [0.25, 0.3) is 22.2 Å². The average molecular weight is 293 g/mol. The molecule has 3 heteroatoms. The second kappa shape index (κ2) is 5.02. The quantitative estimate of drug-likeness (QED) is 0.746. The molecule has 1 heterocycles. The highest BCUT2D eigenvalue weighted by molar-refractivity contribution is 5.98. The Morgan fingerprint density at radius 1 is 1.05 bits per heavy atom. The fourth-order valence-corrected chi connectivity index (χ4v) is 2.94. The zero-order valence-corrected chi connectivity index (χ0v) is 13.0. The summed E-state index contributed by atoms with van der Waals surface area (Å²) in [6, 6.07) is 15.9. The molecule has 0 saturated carbocycles. The number of aryl methyl sites for hydroxylation is 1. The Balaban J connectivity index is 2.42. The molecule has 3 nitrogen and oxygen atoms in total. The number of fused-ring (bicyclic) bond motifs is 1. The number of rotatable bonds is 3. The van der Waals surface area contributed by atoms with E-state index < -0.39 is 11.4 Å². The second-order valence-electron chi connectivity index (χ2n) is 6.17. The number of nitrogens with one attached hydrogen (secondary N) is 1. The van der Waals surface area contributed by atoms with Crippen LogP contribution >= 0.6 is 0 Å². The van der Waals surface area contributed by atoms with Gasteiger partial charge in [-0.1, -0.05) is 48.5 Å². The lowest BCUT2D eigenvalue weighted by Crippen LogP contribution is -2.28. The SMILES string of the molecule is Cc1cccc2c(C(C)(C)C(=O)O)c(-c3ccccc3)[nH]c12. The molecule has 0 radical (unpaired) electrons. The van der Waals surface area contributed by atoms with Crippen molar-refractivity contribution in [3.8, 4) is 11.3 Å². The first-order valence-corrected chi connectivity index (χ1v) is 7.33. The zero-order valence-electron chi connectivity index (χ0n) is 13.0. The molecule has 0 atom stereocenters. The van der Waals surface area contributed by atoms with E-state index in [1.54, 1.807) is 13.8 Å². The molecule has 0 aliphatic rings.